The first-order chi connectivity index (χ1) is 7.29. The van der Waals surface area contributed by atoms with Gasteiger partial charge >= 0.3 is 0 Å². The molecule has 0 amide bonds. The summed E-state index contributed by atoms with van der Waals surface area (Å²) in [5.41, 5.74) is 6.95. The Labute approximate surface area is 91.3 Å². The Bertz CT molecular complexity index is 318. The Morgan fingerprint density at radius 3 is 2.73 bits per heavy atom. The standard InChI is InChI=1S/C12H19N3/c1-15(10-6-3-2-4-7-10)11-8-5-9-14-12(11)13/h5,8-10H,2-4,6-7H2,1H3,(H2,13,14). The Hall–Kier alpha value is -1.25. The third-order valence-electron chi connectivity index (χ3n) is 3.32. The topological polar surface area (TPSA) is 42.2 Å². The summed E-state index contributed by atoms with van der Waals surface area (Å²) in [6, 6.07) is 4.65. The van der Waals surface area contributed by atoms with Crippen molar-refractivity contribution in [2.75, 3.05) is 17.7 Å². The van der Waals surface area contributed by atoms with Crippen molar-refractivity contribution >= 4 is 11.5 Å². The molecule has 1 fully saturated rings. The van der Waals surface area contributed by atoms with E-state index >= 15 is 0 Å². The van der Waals surface area contributed by atoms with Gasteiger partial charge in [0.25, 0.3) is 0 Å². The molecule has 0 aliphatic heterocycles. The maximum absolute atomic E-state index is 5.88. The first-order valence-electron chi connectivity index (χ1n) is 5.72. The minimum Gasteiger partial charge on any atom is -0.382 e. The molecule has 3 nitrogen and oxygen atoms in total. The minimum absolute atomic E-state index is 0.644. The molecular formula is C12H19N3. The Morgan fingerprint density at radius 1 is 1.33 bits per heavy atom. The smallest absolute Gasteiger partial charge is 0.146 e. The highest BCUT2D eigenvalue weighted by Gasteiger charge is 2.19. The van der Waals surface area contributed by atoms with E-state index in [1.54, 1.807) is 6.20 Å². The van der Waals surface area contributed by atoms with Crippen molar-refractivity contribution in [2.24, 2.45) is 0 Å². The van der Waals surface area contributed by atoms with Crippen molar-refractivity contribution < 1.29 is 0 Å². The second kappa shape index (κ2) is 4.51. The van der Waals surface area contributed by atoms with Gasteiger partial charge in [-0.2, -0.15) is 0 Å². The summed E-state index contributed by atoms with van der Waals surface area (Å²) in [4.78, 5) is 6.42. The van der Waals surface area contributed by atoms with E-state index in [1.807, 2.05) is 6.07 Å². The average Bonchev–Trinajstić information content (AvgIpc) is 2.30. The summed E-state index contributed by atoms with van der Waals surface area (Å²) >= 11 is 0. The van der Waals surface area contributed by atoms with Gasteiger partial charge in [-0.25, -0.2) is 4.98 Å². The summed E-state index contributed by atoms with van der Waals surface area (Å²) in [7, 11) is 2.13. The van der Waals surface area contributed by atoms with Crippen LogP contribution in [0, 0.1) is 0 Å². The Kier molecular flexibility index (Phi) is 3.09. The lowest BCUT2D eigenvalue weighted by Gasteiger charge is -2.33. The molecule has 0 saturated heterocycles. The molecule has 1 aliphatic rings. The molecule has 1 heterocycles. The molecule has 82 valence electrons. The predicted molar refractivity (Wildman–Crippen MR) is 63.9 cm³/mol. The molecule has 0 radical (unpaired) electrons. The molecule has 0 spiro atoms. The van der Waals surface area contributed by atoms with Crippen LogP contribution >= 0.6 is 0 Å². The first kappa shape index (κ1) is 10.3. The van der Waals surface area contributed by atoms with Crippen molar-refractivity contribution in [1.82, 2.24) is 4.98 Å². The van der Waals surface area contributed by atoms with Crippen LogP contribution in [0.15, 0.2) is 18.3 Å². The number of nitrogens with two attached hydrogens (primary N) is 1. The van der Waals surface area contributed by atoms with Gasteiger partial charge in [0.05, 0.1) is 5.69 Å². The first-order valence-corrected chi connectivity index (χ1v) is 5.72. The van der Waals surface area contributed by atoms with E-state index in [0.717, 1.165) is 5.69 Å². The maximum Gasteiger partial charge on any atom is 0.146 e. The average molecular weight is 205 g/mol. The van der Waals surface area contributed by atoms with Crippen LogP contribution in [0.1, 0.15) is 32.1 Å². The van der Waals surface area contributed by atoms with Crippen molar-refractivity contribution in [2.45, 2.75) is 38.1 Å². The number of hydrogen-bond donors (Lipinski definition) is 1. The molecule has 0 aromatic carbocycles. The highest BCUT2D eigenvalue weighted by molar-refractivity contribution is 5.62. The zero-order valence-electron chi connectivity index (χ0n) is 9.32. The zero-order valence-corrected chi connectivity index (χ0v) is 9.32. The fraction of sp³-hybridized carbons (Fsp3) is 0.583. The largest absolute Gasteiger partial charge is 0.382 e. The highest BCUT2D eigenvalue weighted by Crippen LogP contribution is 2.28. The van der Waals surface area contributed by atoms with Crippen molar-refractivity contribution in [3.63, 3.8) is 0 Å². The lowest BCUT2D eigenvalue weighted by Crippen LogP contribution is -2.33. The van der Waals surface area contributed by atoms with E-state index in [2.05, 4.69) is 23.0 Å². The van der Waals surface area contributed by atoms with Gasteiger partial charge in [-0.3, -0.25) is 0 Å². The maximum atomic E-state index is 5.88. The number of pyridine rings is 1. The van der Waals surface area contributed by atoms with Gasteiger partial charge in [0.15, 0.2) is 0 Å². The lowest BCUT2D eigenvalue weighted by molar-refractivity contribution is 0.427. The molecule has 15 heavy (non-hydrogen) atoms. The number of nitrogens with zero attached hydrogens (tertiary/aromatic N) is 2. The van der Waals surface area contributed by atoms with Crippen LogP contribution in [0.4, 0.5) is 11.5 Å². The minimum atomic E-state index is 0.644. The normalized spacial score (nSPS) is 17.7. The van der Waals surface area contributed by atoms with Crippen LogP contribution in [-0.4, -0.2) is 18.1 Å². The molecule has 3 heteroatoms. The van der Waals surface area contributed by atoms with Crippen LogP contribution in [0.2, 0.25) is 0 Å². The monoisotopic (exact) mass is 205 g/mol. The van der Waals surface area contributed by atoms with Gasteiger partial charge in [-0.05, 0) is 25.0 Å². The van der Waals surface area contributed by atoms with Crippen LogP contribution in [-0.2, 0) is 0 Å². The van der Waals surface area contributed by atoms with Crippen molar-refractivity contribution in [3.8, 4) is 0 Å². The summed E-state index contributed by atoms with van der Waals surface area (Å²) in [5.74, 6) is 0.644. The molecule has 0 unspecified atom stereocenters. The van der Waals surface area contributed by atoms with Gasteiger partial charge in [-0.15, -0.1) is 0 Å². The SMILES string of the molecule is CN(c1cccnc1N)C1CCCCC1. The van der Waals surface area contributed by atoms with E-state index in [4.69, 9.17) is 5.73 Å². The van der Waals surface area contributed by atoms with Crippen molar-refractivity contribution in [1.29, 1.82) is 0 Å². The third kappa shape index (κ3) is 2.22. The number of anilines is 2. The van der Waals surface area contributed by atoms with Crippen LogP contribution in [0.3, 0.4) is 0 Å². The van der Waals surface area contributed by atoms with Gasteiger partial charge in [0.2, 0.25) is 0 Å². The molecule has 0 atom stereocenters. The second-order valence-corrected chi connectivity index (χ2v) is 4.31. The highest BCUT2D eigenvalue weighted by atomic mass is 15.2. The quantitative estimate of drug-likeness (QED) is 0.806. The number of nitrogen functional groups attached to an aromatic ring is 1. The fourth-order valence-electron chi connectivity index (χ4n) is 2.37. The third-order valence-corrected chi connectivity index (χ3v) is 3.32. The molecule has 1 saturated carbocycles. The van der Waals surface area contributed by atoms with Crippen molar-refractivity contribution in [3.05, 3.63) is 18.3 Å². The molecular weight excluding hydrogens is 186 g/mol. The lowest BCUT2D eigenvalue weighted by atomic mass is 9.94. The summed E-state index contributed by atoms with van der Waals surface area (Å²) < 4.78 is 0. The molecule has 2 rings (SSSR count). The van der Waals surface area contributed by atoms with E-state index in [1.165, 1.54) is 32.1 Å². The van der Waals surface area contributed by atoms with E-state index < -0.39 is 0 Å². The fourth-order valence-corrected chi connectivity index (χ4v) is 2.37. The van der Waals surface area contributed by atoms with Gasteiger partial charge < -0.3 is 10.6 Å². The van der Waals surface area contributed by atoms with Crippen LogP contribution < -0.4 is 10.6 Å². The van der Waals surface area contributed by atoms with E-state index in [0.29, 0.717) is 11.9 Å². The van der Waals surface area contributed by atoms with Gasteiger partial charge in [-0.1, -0.05) is 19.3 Å². The van der Waals surface area contributed by atoms with Crippen LogP contribution in [0.5, 0.6) is 0 Å². The molecule has 1 aliphatic carbocycles. The van der Waals surface area contributed by atoms with E-state index in [9.17, 15) is 0 Å². The van der Waals surface area contributed by atoms with Gasteiger partial charge in [0.1, 0.15) is 5.82 Å². The summed E-state index contributed by atoms with van der Waals surface area (Å²) in [6.07, 6.45) is 8.38. The predicted octanol–water partition coefficient (Wildman–Crippen LogP) is 2.43. The second-order valence-electron chi connectivity index (χ2n) is 4.31. The summed E-state index contributed by atoms with van der Waals surface area (Å²) in [6.45, 7) is 0. The molecule has 1 aromatic heterocycles. The Morgan fingerprint density at radius 2 is 2.07 bits per heavy atom. The zero-order chi connectivity index (χ0) is 10.7. The number of hydrogen-bond acceptors (Lipinski definition) is 3. The Balaban J connectivity index is 2.12. The number of rotatable bonds is 2. The van der Waals surface area contributed by atoms with Crippen LogP contribution in [0.25, 0.3) is 0 Å². The molecule has 1 aromatic rings. The van der Waals surface area contributed by atoms with Gasteiger partial charge in [0, 0.05) is 19.3 Å². The van der Waals surface area contributed by atoms with E-state index in [-0.39, 0.29) is 0 Å². The summed E-state index contributed by atoms with van der Waals surface area (Å²) in [5, 5.41) is 0. The molecule has 0 bridgehead atoms. The number of aromatic nitrogens is 1. The molecule has 2 N–H and O–H groups in total.